The number of hydrogen-bond acceptors (Lipinski definition) is 4. The molecule has 0 saturated carbocycles. The third-order valence-electron chi connectivity index (χ3n) is 1.31. The molecule has 0 aromatic rings. The summed E-state index contributed by atoms with van der Waals surface area (Å²) in [5.41, 5.74) is 0. The van der Waals surface area contributed by atoms with Crippen molar-refractivity contribution in [3.05, 3.63) is 0 Å². The molecule has 0 aromatic carbocycles. The van der Waals surface area contributed by atoms with Crippen LogP contribution < -0.4 is 5.32 Å². The predicted molar refractivity (Wildman–Crippen MR) is 43.2 cm³/mol. The van der Waals surface area contributed by atoms with Crippen LogP contribution >= 0.6 is 0 Å². The van der Waals surface area contributed by atoms with E-state index in [4.69, 9.17) is 0 Å². The van der Waals surface area contributed by atoms with E-state index in [9.17, 15) is 18.0 Å². The number of halogens is 3. The molecule has 1 N–H and O–H groups in total. The van der Waals surface area contributed by atoms with Gasteiger partial charge in [0.25, 0.3) is 0 Å². The molecule has 8 heteroatoms. The van der Waals surface area contributed by atoms with Crippen LogP contribution in [0.1, 0.15) is 0 Å². The van der Waals surface area contributed by atoms with Gasteiger partial charge in [-0.1, -0.05) is 0 Å². The maximum Gasteiger partial charge on any atom is 0.422 e. The van der Waals surface area contributed by atoms with Crippen LogP contribution in [0.5, 0.6) is 0 Å². The standard InChI is InChI=1S/C7H12F3NO4/c1-13-5(14-2)3-11-6(12)15-4-7(8,9)10/h5H,3-4H2,1-2H3,(H,11,12). The lowest BCUT2D eigenvalue weighted by atomic mass is 10.6. The minimum atomic E-state index is -4.53. The van der Waals surface area contributed by atoms with E-state index >= 15 is 0 Å². The molecule has 90 valence electrons. The van der Waals surface area contributed by atoms with Crippen LogP contribution in [-0.2, 0) is 14.2 Å². The molecular formula is C7H12F3NO4. The Labute approximate surface area is 84.5 Å². The minimum Gasteiger partial charge on any atom is -0.440 e. The molecule has 0 unspecified atom stereocenters. The maximum absolute atomic E-state index is 11.6. The molecule has 5 nitrogen and oxygen atoms in total. The predicted octanol–water partition coefficient (Wildman–Crippen LogP) is 0.894. The molecule has 0 rings (SSSR count). The largest absolute Gasteiger partial charge is 0.440 e. The summed E-state index contributed by atoms with van der Waals surface area (Å²) in [5.74, 6) is 0. The van der Waals surface area contributed by atoms with Crippen LogP contribution in [-0.4, -0.2) is 45.9 Å². The Morgan fingerprint density at radius 1 is 1.33 bits per heavy atom. The smallest absolute Gasteiger partial charge is 0.422 e. The van der Waals surface area contributed by atoms with Crippen molar-refractivity contribution < 1.29 is 32.2 Å². The first kappa shape index (κ1) is 14.0. The highest BCUT2D eigenvalue weighted by Gasteiger charge is 2.29. The van der Waals surface area contributed by atoms with Crippen molar-refractivity contribution in [2.45, 2.75) is 12.5 Å². The summed E-state index contributed by atoms with van der Waals surface area (Å²) in [6.07, 6.45) is -6.42. The molecule has 0 saturated heterocycles. The average Bonchev–Trinajstić information content (AvgIpc) is 2.15. The van der Waals surface area contributed by atoms with Crippen LogP contribution in [0.25, 0.3) is 0 Å². The molecule has 0 aliphatic carbocycles. The molecule has 0 fully saturated rings. The Hall–Kier alpha value is -1.02. The summed E-state index contributed by atoms with van der Waals surface area (Å²) in [6, 6.07) is 0. The number of hydrogen-bond donors (Lipinski definition) is 1. The zero-order chi connectivity index (χ0) is 11.9. The number of carbonyl (C=O) groups is 1. The summed E-state index contributed by atoms with van der Waals surface area (Å²) in [4.78, 5) is 10.7. The molecule has 1 amide bonds. The summed E-state index contributed by atoms with van der Waals surface area (Å²) in [7, 11) is 2.66. The van der Waals surface area contributed by atoms with Crippen LogP contribution in [0.3, 0.4) is 0 Å². The number of methoxy groups -OCH3 is 2. The van der Waals surface area contributed by atoms with Gasteiger partial charge in [-0.2, -0.15) is 13.2 Å². The fourth-order valence-electron chi connectivity index (χ4n) is 0.628. The van der Waals surface area contributed by atoms with Crippen molar-refractivity contribution in [2.24, 2.45) is 0 Å². The SMILES string of the molecule is COC(CNC(=O)OCC(F)(F)F)OC. The first-order valence-corrected chi connectivity index (χ1v) is 3.92. The first-order valence-electron chi connectivity index (χ1n) is 3.92. The van der Waals surface area contributed by atoms with Gasteiger partial charge in [0.2, 0.25) is 0 Å². The van der Waals surface area contributed by atoms with Crippen molar-refractivity contribution in [1.29, 1.82) is 0 Å². The van der Waals surface area contributed by atoms with Crippen molar-refractivity contribution in [1.82, 2.24) is 5.32 Å². The Morgan fingerprint density at radius 2 is 1.87 bits per heavy atom. The molecule has 0 bridgehead atoms. The first-order chi connectivity index (χ1) is 6.89. The zero-order valence-corrected chi connectivity index (χ0v) is 8.26. The highest BCUT2D eigenvalue weighted by Crippen LogP contribution is 2.14. The molecule has 0 aromatic heterocycles. The van der Waals surface area contributed by atoms with Gasteiger partial charge in [-0.15, -0.1) is 0 Å². The maximum atomic E-state index is 11.6. The number of carbonyl (C=O) groups excluding carboxylic acids is 1. The van der Waals surface area contributed by atoms with E-state index < -0.39 is 25.2 Å². The second-order valence-corrected chi connectivity index (χ2v) is 2.47. The third-order valence-corrected chi connectivity index (χ3v) is 1.31. The minimum absolute atomic E-state index is 0.0936. The molecule has 0 radical (unpaired) electrons. The van der Waals surface area contributed by atoms with Crippen LogP contribution in [0.15, 0.2) is 0 Å². The van der Waals surface area contributed by atoms with Gasteiger partial charge in [0.05, 0.1) is 6.54 Å². The number of nitrogens with one attached hydrogen (secondary N) is 1. The van der Waals surface area contributed by atoms with E-state index in [0.717, 1.165) is 0 Å². The summed E-state index contributed by atoms with van der Waals surface area (Å²) in [5, 5.41) is 2.05. The molecule has 0 aliphatic rings. The van der Waals surface area contributed by atoms with E-state index in [1.807, 2.05) is 5.32 Å². The summed E-state index contributed by atoms with van der Waals surface area (Å²) >= 11 is 0. The van der Waals surface area contributed by atoms with Gasteiger partial charge >= 0.3 is 12.3 Å². The molecule has 0 aliphatic heterocycles. The Bertz CT molecular complexity index is 193. The monoisotopic (exact) mass is 231 g/mol. The fourth-order valence-corrected chi connectivity index (χ4v) is 0.628. The fraction of sp³-hybridized carbons (Fsp3) is 0.857. The van der Waals surface area contributed by atoms with Crippen LogP contribution in [0.2, 0.25) is 0 Å². The highest BCUT2D eigenvalue weighted by atomic mass is 19.4. The highest BCUT2D eigenvalue weighted by molar-refractivity contribution is 5.67. The van der Waals surface area contributed by atoms with Gasteiger partial charge in [-0.05, 0) is 0 Å². The van der Waals surface area contributed by atoms with Crippen molar-refractivity contribution in [2.75, 3.05) is 27.4 Å². The Balaban J connectivity index is 3.66. The van der Waals surface area contributed by atoms with Crippen LogP contribution in [0, 0.1) is 0 Å². The van der Waals surface area contributed by atoms with E-state index in [1.54, 1.807) is 0 Å². The van der Waals surface area contributed by atoms with Crippen molar-refractivity contribution in [3.8, 4) is 0 Å². The van der Waals surface area contributed by atoms with Gasteiger partial charge in [0.1, 0.15) is 0 Å². The normalized spacial score (nSPS) is 11.6. The average molecular weight is 231 g/mol. The quantitative estimate of drug-likeness (QED) is 0.714. The van der Waals surface area contributed by atoms with E-state index in [1.165, 1.54) is 14.2 Å². The molecule has 15 heavy (non-hydrogen) atoms. The van der Waals surface area contributed by atoms with Gasteiger partial charge in [-0.25, -0.2) is 4.79 Å². The van der Waals surface area contributed by atoms with Crippen molar-refractivity contribution >= 4 is 6.09 Å². The van der Waals surface area contributed by atoms with Gasteiger partial charge in [0, 0.05) is 14.2 Å². The number of ether oxygens (including phenoxy) is 3. The number of alkyl carbamates (subject to hydrolysis) is 1. The summed E-state index contributed by atoms with van der Waals surface area (Å²) in [6.45, 7) is -1.72. The van der Waals surface area contributed by atoms with Crippen LogP contribution in [0.4, 0.5) is 18.0 Å². The van der Waals surface area contributed by atoms with E-state index in [-0.39, 0.29) is 6.54 Å². The van der Waals surface area contributed by atoms with Gasteiger partial charge in [0.15, 0.2) is 12.9 Å². The number of rotatable bonds is 5. The second-order valence-electron chi connectivity index (χ2n) is 2.47. The lowest BCUT2D eigenvalue weighted by Gasteiger charge is -2.14. The Morgan fingerprint density at radius 3 is 2.27 bits per heavy atom. The van der Waals surface area contributed by atoms with E-state index in [0.29, 0.717) is 0 Å². The van der Waals surface area contributed by atoms with E-state index in [2.05, 4.69) is 14.2 Å². The summed E-state index contributed by atoms with van der Waals surface area (Å²) < 4.78 is 48.0. The Kier molecular flexibility index (Phi) is 6.02. The molecular weight excluding hydrogens is 219 g/mol. The number of alkyl halides is 3. The molecule has 0 heterocycles. The zero-order valence-electron chi connectivity index (χ0n) is 8.26. The third kappa shape index (κ3) is 8.01. The molecule has 0 atom stereocenters. The van der Waals surface area contributed by atoms with Crippen molar-refractivity contribution in [3.63, 3.8) is 0 Å². The van der Waals surface area contributed by atoms with Gasteiger partial charge in [-0.3, -0.25) is 0 Å². The topological polar surface area (TPSA) is 56.8 Å². The second kappa shape index (κ2) is 6.46. The lowest BCUT2D eigenvalue weighted by Crippen LogP contribution is -2.36. The molecule has 0 spiro atoms. The van der Waals surface area contributed by atoms with Gasteiger partial charge < -0.3 is 19.5 Å². The number of amides is 1. The lowest BCUT2D eigenvalue weighted by molar-refractivity contribution is -0.160.